The first kappa shape index (κ1) is 15.0. The van der Waals surface area contributed by atoms with Gasteiger partial charge >= 0.3 is 0 Å². The molecule has 1 aromatic carbocycles. The van der Waals surface area contributed by atoms with Crippen LogP contribution in [0.2, 0.25) is 0 Å². The van der Waals surface area contributed by atoms with Crippen LogP contribution in [-0.4, -0.2) is 38.3 Å². The van der Waals surface area contributed by atoms with Gasteiger partial charge in [0.1, 0.15) is 0 Å². The lowest BCUT2D eigenvalue weighted by Crippen LogP contribution is -2.52. The van der Waals surface area contributed by atoms with Gasteiger partial charge in [-0.3, -0.25) is 4.90 Å². The summed E-state index contributed by atoms with van der Waals surface area (Å²) in [6.07, 6.45) is 6.27. The highest BCUT2D eigenvalue weighted by Gasteiger charge is 2.38. The summed E-state index contributed by atoms with van der Waals surface area (Å²) >= 11 is 0. The van der Waals surface area contributed by atoms with Crippen LogP contribution < -0.4 is 5.73 Å². The number of nitrogens with zero attached hydrogens (tertiary/aromatic N) is 1. The lowest BCUT2D eigenvalue weighted by atomic mass is 9.75. The molecule has 21 heavy (non-hydrogen) atoms. The maximum absolute atomic E-state index is 6.23. The fourth-order valence-corrected chi connectivity index (χ4v) is 3.61. The molecule has 3 rings (SSSR count). The van der Waals surface area contributed by atoms with Gasteiger partial charge in [-0.2, -0.15) is 0 Å². The molecule has 0 spiro atoms. The summed E-state index contributed by atoms with van der Waals surface area (Å²) in [4.78, 5) is 2.43. The first-order valence-electron chi connectivity index (χ1n) is 8.34. The molecule has 1 atom stereocenters. The van der Waals surface area contributed by atoms with Gasteiger partial charge < -0.3 is 10.5 Å². The van der Waals surface area contributed by atoms with Crippen LogP contribution in [0.1, 0.15) is 36.8 Å². The minimum absolute atomic E-state index is 0.00220. The van der Waals surface area contributed by atoms with E-state index in [1.54, 1.807) is 0 Å². The minimum atomic E-state index is -0.00220. The van der Waals surface area contributed by atoms with Crippen molar-refractivity contribution >= 4 is 0 Å². The van der Waals surface area contributed by atoms with Gasteiger partial charge in [-0.25, -0.2) is 0 Å². The van der Waals surface area contributed by atoms with E-state index < -0.39 is 0 Å². The third kappa shape index (κ3) is 3.15. The second kappa shape index (κ2) is 6.47. The van der Waals surface area contributed by atoms with Crippen LogP contribution in [0.3, 0.4) is 0 Å². The zero-order valence-corrected chi connectivity index (χ0v) is 13.2. The molecule has 0 heterocycles. The highest BCUT2D eigenvalue weighted by molar-refractivity contribution is 5.36. The average Bonchev–Trinajstić information content (AvgIpc) is 3.35. The standard InChI is InChI=1S/C18H28N2O/c1-20(11-12-21-13-15-8-9-15)18(14-19)10-4-6-16-5-2-3-7-17(16)18/h2-3,5,7,15H,4,6,8-14,19H2,1H3. The van der Waals surface area contributed by atoms with Crippen molar-refractivity contribution in [3.63, 3.8) is 0 Å². The van der Waals surface area contributed by atoms with Gasteiger partial charge in [0, 0.05) is 19.7 Å². The maximum Gasteiger partial charge on any atom is 0.0593 e. The largest absolute Gasteiger partial charge is 0.380 e. The van der Waals surface area contributed by atoms with E-state index in [4.69, 9.17) is 10.5 Å². The summed E-state index contributed by atoms with van der Waals surface area (Å²) in [5.74, 6) is 0.842. The van der Waals surface area contributed by atoms with Crippen LogP contribution in [0.25, 0.3) is 0 Å². The van der Waals surface area contributed by atoms with Crippen molar-refractivity contribution in [3.8, 4) is 0 Å². The molecule has 1 fully saturated rings. The van der Waals surface area contributed by atoms with E-state index in [0.717, 1.165) is 32.1 Å². The molecule has 0 aromatic heterocycles. The molecule has 1 unspecified atom stereocenters. The van der Waals surface area contributed by atoms with E-state index in [1.807, 2.05) is 0 Å². The highest BCUT2D eigenvalue weighted by Crippen LogP contribution is 2.38. The number of aryl methyl sites for hydroxylation is 1. The Balaban J connectivity index is 1.67. The Morgan fingerprint density at radius 3 is 2.90 bits per heavy atom. The Morgan fingerprint density at radius 2 is 2.14 bits per heavy atom. The molecule has 116 valence electrons. The molecular weight excluding hydrogens is 260 g/mol. The summed E-state index contributed by atoms with van der Waals surface area (Å²) in [5.41, 5.74) is 9.14. The van der Waals surface area contributed by atoms with Crippen molar-refractivity contribution in [2.24, 2.45) is 11.7 Å². The Kier molecular flexibility index (Phi) is 4.63. The summed E-state index contributed by atoms with van der Waals surface area (Å²) in [7, 11) is 2.20. The zero-order valence-electron chi connectivity index (χ0n) is 13.2. The van der Waals surface area contributed by atoms with Crippen LogP contribution in [0.5, 0.6) is 0 Å². The number of benzene rings is 1. The Labute approximate surface area is 128 Å². The smallest absolute Gasteiger partial charge is 0.0593 e. The number of rotatable bonds is 7. The lowest BCUT2D eigenvalue weighted by Gasteiger charge is -2.45. The molecule has 3 heteroatoms. The fourth-order valence-electron chi connectivity index (χ4n) is 3.61. The molecule has 2 N–H and O–H groups in total. The number of likely N-dealkylation sites (N-methyl/N-ethyl adjacent to an activating group) is 1. The predicted octanol–water partition coefficient (Wildman–Crippen LogP) is 2.54. The average molecular weight is 288 g/mol. The van der Waals surface area contributed by atoms with Gasteiger partial charge in [0.15, 0.2) is 0 Å². The van der Waals surface area contributed by atoms with Crippen molar-refractivity contribution in [2.45, 2.75) is 37.6 Å². The second-order valence-corrected chi connectivity index (χ2v) is 6.69. The normalized spacial score (nSPS) is 25.1. The summed E-state index contributed by atoms with van der Waals surface area (Å²) in [5, 5.41) is 0. The van der Waals surface area contributed by atoms with Crippen molar-refractivity contribution in [1.82, 2.24) is 4.90 Å². The van der Waals surface area contributed by atoms with Crippen LogP contribution >= 0.6 is 0 Å². The van der Waals surface area contributed by atoms with Crippen LogP contribution in [-0.2, 0) is 16.7 Å². The number of hydrogen-bond donors (Lipinski definition) is 1. The number of fused-ring (bicyclic) bond motifs is 1. The zero-order chi connectivity index (χ0) is 14.7. The van der Waals surface area contributed by atoms with E-state index in [0.29, 0.717) is 6.54 Å². The Bertz CT molecular complexity index is 472. The van der Waals surface area contributed by atoms with Crippen LogP contribution in [0.4, 0.5) is 0 Å². The first-order valence-corrected chi connectivity index (χ1v) is 8.34. The molecule has 3 nitrogen and oxygen atoms in total. The molecule has 2 aliphatic carbocycles. The molecular formula is C18H28N2O. The first-order chi connectivity index (χ1) is 10.3. The van der Waals surface area contributed by atoms with Gasteiger partial charge in [-0.1, -0.05) is 24.3 Å². The second-order valence-electron chi connectivity index (χ2n) is 6.69. The molecule has 0 bridgehead atoms. The predicted molar refractivity (Wildman–Crippen MR) is 86.3 cm³/mol. The van der Waals surface area contributed by atoms with Gasteiger partial charge in [-0.05, 0) is 56.2 Å². The molecule has 1 aromatic rings. The minimum Gasteiger partial charge on any atom is -0.380 e. The van der Waals surface area contributed by atoms with Crippen molar-refractivity contribution in [1.29, 1.82) is 0 Å². The van der Waals surface area contributed by atoms with Crippen LogP contribution in [0.15, 0.2) is 24.3 Å². The van der Waals surface area contributed by atoms with Gasteiger partial charge in [0.05, 0.1) is 12.1 Å². The molecule has 1 saturated carbocycles. The monoisotopic (exact) mass is 288 g/mol. The van der Waals surface area contributed by atoms with E-state index in [-0.39, 0.29) is 5.54 Å². The lowest BCUT2D eigenvalue weighted by molar-refractivity contribution is 0.0486. The quantitative estimate of drug-likeness (QED) is 0.784. The molecule has 0 saturated heterocycles. The SMILES string of the molecule is CN(CCOCC1CC1)C1(CN)CCCc2ccccc21. The van der Waals surface area contributed by atoms with Crippen molar-refractivity contribution < 1.29 is 4.74 Å². The van der Waals surface area contributed by atoms with E-state index >= 15 is 0 Å². The van der Waals surface area contributed by atoms with Gasteiger partial charge in [0.25, 0.3) is 0 Å². The number of ether oxygens (including phenoxy) is 1. The van der Waals surface area contributed by atoms with Gasteiger partial charge in [-0.15, -0.1) is 0 Å². The third-order valence-electron chi connectivity index (χ3n) is 5.25. The van der Waals surface area contributed by atoms with E-state index in [9.17, 15) is 0 Å². The number of nitrogens with two attached hydrogens (primary N) is 1. The van der Waals surface area contributed by atoms with E-state index in [2.05, 4.69) is 36.2 Å². The summed E-state index contributed by atoms with van der Waals surface area (Å²) < 4.78 is 5.81. The highest BCUT2D eigenvalue weighted by atomic mass is 16.5. The van der Waals surface area contributed by atoms with Gasteiger partial charge in [0.2, 0.25) is 0 Å². The van der Waals surface area contributed by atoms with E-state index in [1.165, 1.54) is 36.8 Å². The third-order valence-corrected chi connectivity index (χ3v) is 5.25. The number of hydrogen-bond acceptors (Lipinski definition) is 3. The molecule has 0 aliphatic heterocycles. The molecule has 2 aliphatic rings. The Hall–Kier alpha value is -0.900. The Morgan fingerprint density at radius 1 is 1.33 bits per heavy atom. The van der Waals surface area contributed by atoms with Crippen molar-refractivity contribution in [2.75, 3.05) is 33.4 Å². The summed E-state index contributed by atoms with van der Waals surface area (Å²) in [6, 6.07) is 8.81. The molecule has 0 amide bonds. The molecule has 0 radical (unpaired) electrons. The maximum atomic E-state index is 6.23. The van der Waals surface area contributed by atoms with Crippen LogP contribution in [0, 0.1) is 5.92 Å². The summed E-state index contributed by atoms with van der Waals surface area (Å²) in [6.45, 7) is 3.40. The fraction of sp³-hybridized carbons (Fsp3) is 0.667. The topological polar surface area (TPSA) is 38.5 Å². The van der Waals surface area contributed by atoms with Crippen molar-refractivity contribution in [3.05, 3.63) is 35.4 Å².